The van der Waals surface area contributed by atoms with Gasteiger partial charge in [-0.15, -0.1) is 0 Å². The molecule has 1 fully saturated rings. The maximum Gasteiger partial charge on any atom is 0.204 e. The molecule has 1 aliphatic rings. The smallest absolute Gasteiger partial charge is 0.204 e. The lowest BCUT2D eigenvalue weighted by Gasteiger charge is -2.35. The fourth-order valence-electron chi connectivity index (χ4n) is 2.96. The molecule has 3 rings (SSSR count). The second-order valence-electron chi connectivity index (χ2n) is 5.96. The lowest BCUT2D eigenvalue weighted by Crippen LogP contribution is -2.38. The van der Waals surface area contributed by atoms with Crippen LogP contribution < -0.4 is 5.73 Å². The van der Waals surface area contributed by atoms with Gasteiger partial charge >= 0.3 is 0 Å². The molecule has 2 N–H and O–H groups in total. The average Bonchev–Trinajstić information content (AvgIpc) is 2.83. The molecule has 0 aliphatic heterocycles. The predicted molar refractivity (Wildman–Crippen MR) is 74.9 cm³/mol. The highest BCUT2D eigenvalue weighted by Crippen LogP contribution is 2.41. The first-order valence-corrected chi connectivity index (χ1v) is 7.08. The molecule has 2 aromatic heterocycles. The fourth-order valence-corrected chi connectivity index (χ4v) is 2.96. The second kappa shape index (κ2) is 4.60. The molecule has 0 bridgehead atoms. The van der Waals surface area contributed by atoms with Crippen LogP contribution in [0.15, 0.2) is 16.5 Å². The quantitative estimate of drug-likeness (QED) is 0.900. The Morgan fingerprint density at radius 3 is 2.74 bits per heavy atom. The van der Waals surface area contributed by atoms with Crippen molar-refractivity contribution in [2.24, 2.45) is 11.7 Å². The molecule has 0 saturated heterocycles. The third kappa shape index (κ3) is 2.14. The van der Waals surface area contributed by atoms with Crippen molar-refractivity contribution >= 4 is 11.2 Å². The van der Waals surface area contributed by atoms with Gasteiger partial charge in [0.15, 0.2) is 11.2 Å². The van der Waals surface area contributed by atoms with Crippen LogP contribution in [0, 0.1) is 12.8 Å². The van der Waals surface area contributed by atoms with E-state index in [4.69, 9.17) is 10.2 Å². The lowest BCUT2D eigenvalue weighted by molar-refractivity contribution is 0.210. The normalized spacial score (nSPS) is 27.8. The zero-order valence-electron chi connectivity index (χ0n) is 11.6. The number of hydrogen-bond acceptors (Lipinski definition) is 4. The summed E-state index contributed by atoms with van der Waals surface area (Å²) in [6.07, 6.45) is 4.53. The Morgan fingerprint density at radius 1 is 1.32 bits per heavy atom. The van der Waals surface area contributed by atoms with Crippen molar-refractivity contribution in [1.82, 2.24) is 9.97 Å². The van der Waals surface area contributed by atoms with Crippen molar-refractivity contribution in [3.8, 4) is 0 Å². The van der Waals surface area contributed by atoms with Gasteiger partial charge in [0.05, 0.1) is 5.41 Å². The molecule has 1 aliphatic carbocycles. The highest BCUT2D eigenvalue weighted by atomic mass is 16.3. The molecule has 19 heavy (non-hydrogen) atoms. The third-order valence-electron chi connectivity index (χ3n) is 4.47. The molecule has 0 aromatic carbocycles. The Bertz CT molecular complexity index is 582. The van der Waals surface area contributed by atoms with Crippen molar-refractivity contribution < 1.29 is 4.42 Å². The van der Waals surface area contributed by atoms with E-state index in [0.717, 1.165) is 35.9 Å². The van der Waals surface area contributed by atoms with Crippen LogP contribution in [0.25, 0.3) is 11.2 Å². The summed E-state index contributed by atoms with van der Waals surface area (Å²) in [6.45, 7) is 4.87. The summed E-state index contributed by atoms with van der Waals surface area (Å²) in [4.78, 5) is 9.03. The Hall–Kier alpha value is -1.42. The molecule has 2 heterocycles. The van der Waals surface area contributed by atoms with Gasteiger partial charge in [-0.05, 0) is 50.7 Å². The second-order valence-corrected chi connectivity index (χ2v) is 5.96. The zero-order chi connectivity index (χ0) is 13.5. The number of pyridine rings is 1. The number of rotatable bonds is 2. The van der Waals surface area contributed by atoms with E-state index in [2.05, 4.69) is 16.9 Å². The summed E-state index contributed by atoms with van der Waals surface area (Å²) >= 11 is 0. The SMILES string of the molecule is Cc1ccc2oc(C3(CN)CCC(C)CC3)nc2n1. The number of nitrogens with two attached hydrogens (primary N) is 1. The molecule has 1 saturated carbocycles. The number of aromatic nitrogens is 2. The predicted octanol–water partition coefficient (Wildman–Crippen LogP) is 2.94. The van der Waals surface area contributed by atoms with E-state index in [0.29, 0.717) is 12.2 Å². The van der Waals surface area contributed by atoms with E-state index in [1.165, 1.54) is 12.8 Å². The van der Waals surface area contributed by atoms with Crippen LogP contribution in [-0.4, -0.2) is 16.5 Å². The van der Waals surface area contributed by atoms with Gasteiger partial charge in [-0.25, -0.2) is 4.98 Å². The molecule has 0 atom stereocenters. The minimum atomic E-state index is -0.0822. The molecule has 0 unspecified atom stereocenters. The van der Waals surface area contributed by atoms with E-state index in [9.17, 15) is 0 Å². The van der Waals surface area contributed by atoms with Gasteiger partial charge in [0.2, 0.25) is 5.89 Å². The molecular formula is C15H21N3O. The first-order chi connectivity index (χ1) is 9.13. The van der Waals surface area contributed by atoms with Crippen molar-refractivity contribution in [2.45, 2.75) is 44.9 Å². The molecule has 102 valence electrons. The summed E-state index contributed by atoms with van der Waals surface area (Å²) in [5, 5.41) is 0. The van der Waals surface area contributed by atoms with Crippen LogP contribution >= 0.6 is 0 Å². The number of nitrogens with zero attached hydrogens (tertiary/aromatic N) is 2. The minimum absolute atomic E-state index is 0.0822. The monoisotopic (exact) mass is 259 g/mol. The van der Waals surface area contributed by atoms with Gasteiger partial charge in [-0.2, -0.15) is 4.98 Å². The molecular weight excluding hydrogens is 238 g/mol. The maximum atomic E-state index is 6.05. The van der Waals surface area contributed by atoms with Crippen molar-refractivity contribution in [2.75, 3.05) is 6.54 Å². The summed E-state index contributed by atoms with van der Waals surface area (Å²) < 4.78 is 5.94. The van der Waals surface area contributed by atoms with Crippen molar-refractivity contribution in [1.29, 1.82) is 0 Å². The van der Waals surface area contributed by atoms with E-state index in [-0.39, 0.29) is 5.41 Å². The lowest BCUT2D eigenvalue weighted by atomic mass is 9.71. The van der Waals surface area contributed by atoms with Gasteiger partial charge in [0, 0.05) is 12.2 Å². The topological polar surface area (TPSA) is 64.9 Å². The summed E-state index contributed by atoms with van der Waals surface area (Å²) in [7, 11) is 0. The van der Waals surface area contributed by atoms with Gasteiger partial charge in [0.25, 0.3) is 0 Å². The molecule has 0 radical (unpaired) electrons. The van der Waals surface area contributed by atoms with E-state index in [1.807, 2.05) is 19.1 Å². The first kappa shape index (κ1) is 12.6. The average molecular weight is 259 g/mol. The summed E-state index contributed by atoms with van der Waals surface area (Å²) in [5.74, 6) is 1.57. The van der Waals surface area contributed by atoms with Crippen LogP contribution in [0.5, 0.6) is 0 Å². The Morgan fingerprint density at radius 2 is 2.05 bits per heavy atom. The van der Waals surface area contributed by atoms with E-state index in [1.54, 1.807) is 0 Å². The molecule has 0 spiro atoms. The van der Waals surface area contributed by atoms with Crippen molar-refractivity contribution in [3.63, 3.8) is 0 Å². The van der Waals surface area contributed by atoms with Crippen LogP contribution in [0.2, 0.25) is 0 Å². The number of oxazole rings is 1. The van der Waals surface area contributed by atoms with Gasteiger partial charge in [-0.3, -0.25) is 0 Å². The van der Waals surface area contributed by atoms with E-state index >= 15 is 0 Å². The summed E-state index contributed by atoms with van der Waals surface area (Å²) in [6, 6.07) is 3.90. The van der Waals surface area contributed by atoms with E-state index < -0.39 is 0 Å². The van der Waals surface area contributed by atoms with Crippen molar-refractivity contribution in [3.05, 3.63) is 23.7 Å². The maximum absolute atomic E-state index is 6.05. The molecule has 4 heteroatoms. The van der Waals surface area contributed by atoms with Crippen LogP contribution in [0.1, 0.15) is 44.2 Å². The Balaban J connectivity index is 2.01. The van der Waals surface area contributed by atoms with Crippen LogP contribution in [0.4, 0.5) is 0 Å². The summed E-state index contributed by atoms with van der Waals surface area (Å²) in [5.41, 5.74) is 8.41. The van der Waals surface area contributed by atoms with Gasteiger partial charge in [-0.1, -0.05) is 6.92 Å². The number of fused-ring (bicyclic) bond motifs is 1. The fraction of sp³-hybridized carbons (Fsp3) is 0.600. The number of hydrogen-bond donors (Lipinski definition) is 1. The highest BCUT2D eigenvalue weighted by Gasteiger charge is 2.39. The van der Waals surface area contributed by atoms with Crippen LogP contribution in [0.3, 0.4) is 0 Å². The first-order valence-electron chi connectivity index (χ1n) is 7.08. The van der Waals surface area contributed by atoms with Crippen LogP contribution in [-0.2, 0) is 5.41 Å². The number of aryl methyl sites for hydroxylation is 1. The standard InChI is InChI=1S/C15H21N3O/c1-10-5-7-15(9-16,8-6-10)14-18-13-12(19-14)4-3-11(2)17-13/h3-4,10H,5-9,16H2,1-2H3. The Kier molecular flexibility index (Phi) is 3.05. The van der Waals surface area contributed by atoms with Gasteiger partial charge in [0.1, 0.15) is 0 Å². The third-order valence-corrected chi connectivity index (χ3v) is 4.47. The largest absolute Gasteiger partial charge is 0.438 e. The highest BCUT2D eigenvalue weighted by molar-refractivity contribution is 5.67. The molecule has 2 aromatic rings. The van der Waals surface area contributed by atoms with Gasteiger partial charge < -0.3 is 10.2 Å². The Labute approximate surface area is 113 Å². The zero-order valence-corrected chi connectivity index (χ0v) is 11.6. The molecule has 4 nitrogen and oxygen atoms in total. The minimum Gasteiger partial charge on any atom is -0.438 e. The molecule has 0 amide bonds.